The van der Waals surface area contributed by atoms with Gasteiger partial charge in [0, 0.05) is 25.0 Å². The summed E-state index contributed by atoms with van der Waals surface area (Å²) in [6.45, 7) is 3.65. The molecule has 0 aliphatic carbocycles. The lowest BCUT2D eigenvalue weighted by atomic mass is 10.1. The molecule has 7 nitrogen and oxygen atoms in total. The molecule has 3 N–H and O–H groups in total. The van der Waals surface area contributed by atoms with Crippen LogP contribution in [0.1, 0.15) is 29.3 Å². The van der Waals surface area contributed by atoms with E-state index in [9.17, 15) is 4.79 Å². The Morgan fingerprint density at radius 1 is 1.14 bits per heavy atom. The number of H-pyrrole nitrogens is 1. The van der Waals surface area contributed by atoms with Gasteiger partial charge in [0.2, 0.25) is 0 Å². The van der Waals surface area contributed by atoms with Crippen LogP contribution in [0, 0.1) is 0 Å². The van der Waals surface area contributed by atoms with Gasteiger partial charge < -0.3 is 20.0 Å². The Morgan fingerprint density at radius 3 is 2.76 bits per heavy atom. The van der Waals surface area contributed by atoms with Crippen molar-refractivity contribution in [1.29, 1.82) is 0 Å². The van der Waals surface area contributed by atoms with Crippen LogP contribution in [0.25, 0.3) is 22.7 Å². The summed E-state index contributed by atoms with van der Waals surface area (Å²) in [5, 5.41) is 6.33. The average molecular weight is 389 g/mol. The van der Waals surface area contributed by atoms with Crippen LogP contribution >= 0.6 is 0 Å². The molecule has 4 rings (SSSR count). The third-order valence-electron chi connectivity index (χ3n) is 4.62. The van der Waals surface area contributed by atoms with Crippen LogP contribution in [-0.4, -0.2) is 33.9 Å². The first-order valence-corrected chi connectivity index (χ1v) is 9.74. The van der Waals surface area contributed by atoms with Crippen LogP contribution in [0.4, 0.5) is 5.69 Å². The Morgan fingerprint density at radius 2 is 2.00 bits per heavy atom. The van der Waals surface area contributed by atoms with Gasteiger partial charge in [-0.15, -0.1) is 0 Å². The summed E-state index contributed by atoms with van der Waals surface area (Å²) < 4.78 is 5.37. The number of amides is 1. The predicted molar refractivity (Wildman–Crippen MR) is 113 cm³/mol. The van der Waals surface area contributed by atoms with Gasteiger partial charge in [-0.05, 0) is 48.7 Å². The monoisotopic (exact) mass is 389 g/mol. The normalized spacial score (nSPS) is 10.9. The van der Waals surface area contributed by atoms with Crippen molar-refractivity contribution in [2.24, 2.45) is 0 Å². The van der Waals surface area contributed by atoms with Gasteiger partial charge in [0.05, 0.1) is 17.3 Å². The lowest BCUT2D eigenvalue weighted by Crippen LogP contribution is -2.26. The fourth-order valence-electron chi connectivity index (χ4n) is 3.10. The van der Waals surface area contributed by atoms with Crippen molar-refractivity contribution in [2.75, 3.05) is 18.4 Å². The number of nitrogens with one attached hydrogen (secondary N) is 3. The van der Waals surface area contributed by atoms with E-state index < -0.39 is 0 Å². The highest BCUT2D eigenvalue weighted by atomic mass is 16.3. The minimum Gasteiger partial charge on any atom is -0.461 e. The summed E-state index contributed by atoms with van der Waals surface area (Å²) in [6.07, 6.45) is 5.02. The number of hydrogen-bond donors (Lipinski definition) is 3. The van der Waals surface area contributed by atoms with Crippen molar-refractivity contribution < 1.29 is 9.21 Å². The molecule has 0 unspecified atom stereocenters. The van der Waals surface area contributed by atoms with Gasteiger partial charge in [0.1, 0.15) is 0 Å². The zero-order valence-corrected chi connectivity index (χ0v) is 16.2. The minimum absolute atomic E-state index is 0.159. The topological polar surface area (TPSA) is 95.8 Å². The molecule has 1 aromatic carbocycles. The number of aromatic nitrogens is 3. The molecule has 0 saturated heterocycles. The summed E-state index contributed by atoms with van der Waals surface area (Å²) in [4.78, 5) is 24.5. The molecular weight excluding hydrogens is 366 g/mol. The smallest absolute Gasteiger partial charge is 0.253 e. The zero-order chi connectivity index (χ0) is 20.1. The highest BCUT2D eigenvalue weighted by molar-refractivity contribution is 6.04. The number of hydrogen-bond acceptors (Lipinski definition) is 5. The zero-order valence-electron chi connectivity index (χ0n) is 16.2. The first kappa shape index (κ1) is 18.7. The maximum Gasteiger partial charge on any atom is 0.253 e. The van der Waals surface area contributed by atoms with Crippen LogP contribution < -0.4 is 10.6 Å². The summed E-state index contributed by atoms with van der Waals surface area (Å²) in [5.41, 5.74) is 3.89. The van der Waals surface area contributed by atoms with E-state index in [4.69, 9.17) is 4.42 Å². The largest absolute Gasteiger partial charge is 0.461 e. The molecule has 4 aromatic rings. The molecule has 0 saturated carbocycles. The number of rotatable bonds is 8. The maximum absolute atomic E-state index is 12.7. The number of carbonyl (C=O) groups is 1. The quantitative estimate of drug-likeness (QED) is 0.423. The minimum atomic E-state index is -0.159. The predicted octanol–water partition coefficient (Wildman–Crippen LogP) is 4.01. The molecule has 3 aromatic heterocycles. The second kappa shape index (κ2) is 8.60. The maximum atomic E-state index is 12.7. The molecule has 3 heterocycles. The number of nitrogens with zero attached hydrogens (tertiary/aromatic N) is 2. The van der Waals surface area contributed by atoms with E-state index in [1.54, 1.807) is 30.7 Å². The fraction of sp³-hybridized carbons (Fsp3) is 0.227. The van der Waals surface area contributed by atoms with Gasteiger partial charge in [-0.1, -0.05) is 19.1 Å². The summed E-state index contributed by atoms with van der Waals surface area (Å²) in [5.74, 6) is 0.994. The molecule has 7 heteroatoms. The molecular formula is C22H23N5O2. The molecule has 29 heavy (non-hydrogen) atoms. The number of carbonyl (C=O) groups excluding carboxylic acids is 1. The van der Waals surface area contributed by atoms with E-state index in [2.05, 4.69) is 56.8 Å². The molecule has 0 aliphatic rings. The number of fused-ring (bicyclic) bond motifs is 1. The number of benzene rings is 1. The second-order valence-corrected chi connectivity index (χ2v) is 6.75. The molecule has 0 fully saturated rings. The van der Waals surface area contributed by atoms with E-state index in [0.29, 0.717) is 34.9 Å². The van der Waals surface area contributed by atoms with Crippen molar-refractivity contribution in [3.8, 4) is 11.6 Å². The highest BCUT2D eigenvalue weighted by Crippen LogP contribution is 2.21. The average Bonchev–Trinajstić information content (AvgIpc) is 3.42. The fourth-order valence-corrected chi connectivity index (χ4v) is 3.10. The van der Waals surface area contributed by atoms with Gasteiger partial charge >= 0.3 is 0 Å². The van der Waals surface area contributed by atoms with Gasteiger partial charge in [0.25, 0.3) is 5.91 Å². The Bertz CT molecular complexity index is 1080. The molecule has 0 spiro atoms. The summed E-state index contributed by atoms with van der Waals surface area (Å²) >= 11 is 0. The van der Waals surface area contributed by atoms with Gasteiger partial charge in [0.15, 0.2) is 17.2 Å². The lowest BCUT2D eigenvalue weighted by Gasteiger charge is -2.08. The summed E-state index contributed by atoms with van der Waals surface area (Å²) in [7, 11) is 0. The van der Waals surface area contributed by atoms with Crippen molar-refractivity contribution in [3.63, 3.8) is 0 Å². The Balaban J connectivity index is 1.40. The number of aromatic amines is 1. The third-order valence-corrected chi connectivity index (χ3v) is 4.62. The van der Waals surface area contributed by atoms with Gasteiger partial charge in [-0.2, -0.15) is 0 Å². The van der Waals surface area contributed by atoms with Gasteiger partial charge in [-0.25, -0.2) is 9.97 Å². The number of imidazole rings is 1. The van der Waals surface area contributed by atoms with Gasteiger partial charge in [-0.3, -0.25) is 4.79 Å². The van der Waals surface area contributed by atoms with Crippen LogP contribution in [0.15, 0.2) is 59.3 Å². The SMILES string of the molecule is CCCNc1ccc(CCNC(=O)c2ccnc3nc(-c4ccco4)[nH]c23)cc1. The summed E-state index contributed by atoms with van der Waals surface area (Å²) in [6, 6.07) is 13.6. The molecule has 0 radical (unpaired) electrons. The Hall–Kier alpha value is -3.61. The van der Waals surface area contributed by atoms with E-state index >= 15 is 0 Å². The highest BCUT2D eigenvalue weighted by Gasteiger charge is 2.15. The Labute approximate surface area is 168 Å². The lowest BCUT2D eigenvalue weighted by molar-refractivity contribution is 0.0955. The van der Waals surface area contributed by atoms with Crippen LogP contribution in [0.2, 0.25) is 0 Å². The molecule has 0 bridgehead atoms. The van der Waals surface area contributed by atoms with Crippen LogP contribution in [0.5, 0.6) is 0 Å². The van der Waals surface area contributed by atoms with Crippen molar-refractivity contribution in [3.05, 3.63) is 66.1 Å². The Kier molecular flexibility index (Phi) is 5.56. The molecule has 1 amide bonds. The van der Waals surface area contributed by atoms with E-state index in [-0.39, 0.29) is 5.91 Å². The molecule has 148 valence electrons. The van der Waals surface area contributed by atoms with E-state index in [0.717, 1.165) is 25.1 Å². The van der Waals surface area contributed by atoms with Crippen molar-refractivity contribution >= 4 is 22.8 Å². The van der Waals surface area contributed by atoms with E-state index in [1.807, 2.05) is 0 Å². The standard InChI is InChI=1S/C22H23N5O2/c1-2-11-23-16-7-5-15(6-8-16)9-12-25-22(28)17-10-13-24-21-19(17)26-20(27-21)18-4-3-14-29-18/h3-8,10,13-14,23H,2,9,11-12H2,1H3,(H,25,28)(H,24,26,27). The second-order valence-electron chi connectivity index (χ2n) is 6.75. The van der Waals surface area contributed by atoms with Crippen molar-refractivity contribution in [2.45, 2.75) is 19.8 Å². The van der Waals surface area contributed by atoms with Crippen molar-refractivity contribution in [1.82, 2.24) is 20.3 Å². The molecule has 0 aliphatic heterocycles. The number of furan rings is 1. The van der Waals surface area contributed by atoms with Crippen LogP contribution in [-0.2, 0) is 6.42 Å². The third kappa shape index (κ3) is 4.29. The molecule has 0 atom stereocenters. The van der Waals surface area contributed by atoms with Crippen LogP contribution in [0.3, 0.4) is 0 Å². The first-order valence-electron chi connectivity index (χ1n) is 9.74. The first-order chi connectivity index (χ1) is 14.2. The number of pyridine rings is 1. The van der Waals surface area contributed by atoms with E-state index in [1.165, 1.54) is 5.56 Å². The number of anilines is 1.